The van der Waals surface area contributed by atoms with E-state index in [4.69, 9.17) is 0 Å². The van der Waals surface area contributed by atoms with Crippen LogP contribution in [0.15, 0.2) is 112 Å². The third-order valence-electron chi connectivity index (χ3n) is 7.07. The van der Waals surface area contributed by atoms with Crippen molar-refractivity contribution in [3.8, 4) is 0 Å². The van der Waals surface area contributed by atoms with E-state index < -0.39 is 34.3 Å². The number of nitrogens with one attached hydrogen (secondary N) is 1. The number of carbonyl (C=O) groups excluding carboxylic acids is 2. The fourth-order valence-electron chi connectivity index (χ4n) is 4.76. The average Bonchev–Trinajstić information content (AvgIpc) is 3.01. The van der Waals surface area contributed by atoms with Gasteiger partial charge in [-0.1, -0.05) is 95.1 Å². The first-order chi connectivity index (χ1) is 21.1. The number of benzene rings is 4. The fourth-order valence-corrected chi connectivity index (χ4v) is 6.63. The Kier molecular flexibility index (Phi) is 11.3. The Morgan fingerprint density at radius 3 is 2.20 bits per heavy atom. The van der Waals surface area contributed by atoms with Gasteiger partial charge in [-0.3, -0.25) is 13.9 Å². The van der Waals surface area contributed by atoms with Crippen molar-refractivity contribution in [3.63, 3.8) is 0 Å². The van der Waals surface area contributed by atoms with E-state index in [0.717, 1.165) is 31.5 Å². The van der Waals surface area contributed by atoms with Crippen molar-refractivity contribution in [1.29, 1.82) is 0 Å². The van der Waals surface area contributed by atoms with Gasteiger partial charge in [-0.25, -0.2) is 12.8 Å². The van der Waals surface area contributed by atoms with Crippen LogP contribution < -0.4 is 9.62 Å². The maximum Gasteiger partial charge on any atom is 0.264 e. The Hall–Kier alpha value is -4.02. The number of amides is 2. The van der Waals surface area contributed by atoms with Gasteiger partial charge in [0.25, 0.3) is 10.0 Å². The second-order valence-corrected chi connectivity index (χ2v) is 13.2. The van der Waals surface area contributed by atoms with Gasteiger partial charge in [-0.2, -0.15) is 0 Å². The molecule has 0 spiro atoms. The highest BCUT2D eigenvalue weighted by atomic mass is 79.9. The molecule has 0 saturated carbocycles. The van der Waals surface area contributed by atoms with Crippen molar-refractivity contribution < 1.29 is 22.4 Å². The number of halogens is 2. The second-order valence-electron chi connectivity index (χ2n) is 10.4. The molecule has 4 aromatic rings. The van der Waals surface area contributed by atoms with E-state index >= 15 is 4.39 Å². The molecule has 0 radical (unpaired) electrons. The highest BCUT2D eigenvalue weighted by molar-refractivity contribution is 9.10. The van der Waals surface area contributed by atoms with Gasteiger partial charge in [-0.05, 0) is 60.9 Å². The summed E-state index contributed by atoms with van der Waals surface area (Å²) in [4.78, 5) is 29.3. The molecule has 0 aliphatic heterocycles. The monoisotopic (exact) mass is 679 g/mol. The predicted octanol–water partition coefficient (Wildman–Crippen LogP) is 6.26. The summed E-state index contributed by atoms with van der Waals surface area (Å²) in [5, 5.41) is 2.91. The highest BCUT2D eigenvalue weighted by Crippen LogP contribution is 2.27. The van der Waals surface area contributed by atoms with E-state index in [-0.39, 0.29) is 29.5 Å². The zero-order valence-electron chi connectivity index (χ0n) is 24.6. The lowest BCUT2D eigenvalue weighted by Gasteiger charge is -2.34. The molecule has 0 unspecified atom stereocenters. The minimum absolute atomic E-state index is 0.0189. The van der Waals surface area contributed by atoms with Crippen LogP contribution in [0.25, 0.3) is 0 Å². The summed E-state index contributed by atoms with van der Waals surface area (Å²) < 4.78 is 44.8. The number of anilines is 1. The van der Waals surface area contributed by atoms with E-state index in [1.165, 1.54) is 35.2 Å². The van der Waals surface area contributed by atoms with Gasteiger partial charge >= 0.3 is 0 Å². The third kappa shape index (κ3) is 8.33. The lowest BCUT2D eigenvalue weighted by Crippen LogP contribution is -2.53. The molecule has 4 rings (SSSR count). The summed E-state index contributed by atoms with van der Waals surface area (Å²) in [7, 11) is -4.38. The van der Waals surface area contributed by atoms with Gasteiger partial charge in [0.15, 0.2) is 0 Å². The van der Waals surface area contributed by atoms with E-state index in [9.17, 15) is 18.0 Å². The van der Waals surface area contributed by atoms with Crippen LogP contribution >= 0.6 is 15.9 Å². The second kappa shape index (κ2) is 15.1. The first-order valence-corrected chi connectivity index (χ1v) is 16.5. The van der Waals surface area contributed by atoms with E-state index in [1.807, 2.05) is 68.4 Å². The summed E-state index contributed by atoms with van der Waals surface area (Å²) in [6, 6.07) is 27.2. The van der Waals surface area contributed by atoms with Gasteiger partial charge < -0.3 is 10.2 Å². The lowest BCUT2D eigenvalue weighted by atomic mass is 10.0. The average molecular weight is 681 g/mol. The number of sulfonamides is 1. The Labute approximate surface area is 266 Å². The molecule has 7 nitrogen and oxygen atoms in total. The molecule has 4 aromatic carbocycles. The number of carbonyl (C=O) groups is 2. The minimum atomic E-state index is -4.38. The molecule has 10 heteroatoms. The number of hydrogen-bond acceptors (Lipinski definition) is 4. The fraction of sp³-hybridized carbons (Fsp3) is 0.235. The molecule has 1 N–H and O–H groups in total. The topological polar surface area (TPSA) is 86.8 Å². The Balaban J connectivity index is 1.80. The minimum Gasteiger partial charge on any atom is -0.354 e. The predicted molar refractivity (Wildman–Crippen MR) is 174 cm³/mol. The van der Waals surface area contributed by atoms with E-state index in [1.54, 1.807) is 12.1 Å². The molecule has 0 fully saturated rings. The van der Waals surface area contributed by atoms with Crippen LogP contribution in [0.1, 0.15) is 30.0 Å². The summed E-state index contributed by atoms with van der Waals surface area (Å²) in [6.07, 6.45) is 0.889. The number of hydrogen-bond donors (Lipinski definition) is 1. The summed E-state index contributed by atoms with van der Waals surface area (Å²) >= 11 is 3.47. The lowest BCUT2D eigenvalue weighted by molar-refractivity contribution is -0.140. The zero-order valence-corrected chi connectivity index (χ0v) is 27.0. The van der Waals surface area contributed by atoms with Crippen LogP contribution in [0.5, 0.6) is 0 Å². The zero-order chi connectivity index (χ0) is 31.7. The molecule has 0 bridgehead atoms. The van der Waals surface area contributed by atoms with Gasteiger partial charge in [0.05, 0.1) is 10.6 Å². The summed E-state index contributed by atoms with van der Waals surface area (Å²) in [5.74, 6) is -1.81. The molecule has 44 heavy (non-hydrogen) atoms. The highest BCUT2D eigenvalue weighted by Gasteiger charge is 2.35. The number of para-hydroxylation sites is 1. The van der Waals surface area contributed by atoms with Crippen molar-refractivity contribution >= 4 is 43.5 Å². The van der Waals surface area contributed by atoms with Gasteiger partial charge in [-0.15, -0.1) is 0 Å². The molecule has 0 heterocycles. The first-order valence-electron chi connectivity index (χ1n) is 14.3. The van der Waals surface area contributed by atoms with Crippen molar-refractivity contribution in [2.45, 2.75) is 44.2 Å². The standard InChI is InChI=1S/C34H35BrFN3O4S/c1-3-20-37-34(41)32(22-26-10-5-4-6-11-26)38(23-27-12-9-13-28(35)21-27)33(40)24-39(31-15-8-7-14-30(31)36)44(42,43)29-18-16-25(2)17-19-29/h4-19,21,32H,3,20,22-24H2,1-2H3,(H,37,41)/t32-/m0/s1. The van der Waals surface area contributed by atoms with Gasteiger partial charge in [0.2, 0.25) is 11.8 Å². The van der Waals surface area contributed by atoms with Crippen molar-refractivity contribution in [3.05, 3.63) is 130 Å². The van der Waals surface area contributed by atoms with Crippen LogP contribution in [0.4, 0.5) is 10.1 Å². The molecule has 2 amide bonds. The van der Waals surface area contributed by atoms with E-state index in [2.05, 4.69) is 21.2 Å². The van der Waals surface area contributed by atoms with Crippen molar-refractivity contribution in [1.82, 2.24) is 10.2 Å². The third-order valence-corrected chi connectivity index (χ3v) is 9.34. The Morgan fingerprint density at radius 2 is 1.55 bits per heavy atom. The number of rotatable bonds is 13. The van der Waals surface area contributed by atoms with Crippen molar-refractivity contribution in [2.75, 3.05) is 17.4 Å². The molecular weight excluding hydrogens is 645 g/mol. The Morgan fingerprint density at radius 1 is 0.886 bits per heavy atom. The SMILES string of the molecule is CCCNC(=O)[C@H](Cc1ccccc1)N(Cc1cccc(Br)c1)C(=O)CN(c1ccccc1F)S(=O)(=O)c1ccc(C)cc1. The normalized spacial score (nSPS) is 11.9. The molecule has 0 aromatic heterocycles. The van der Waals surface area contributed by atoms with Crippen LogP contribution in [-0.4, -0.2) is 44.3 Å². The summed E-state index contributed by atoms with van der Waals surface area (Å²) in [6.45, 7) is 3.46. The number of aryl methyl sites for hydroxylation is 1. The largest absolute Gasteiger partial charge is 0.354 e. The van der Waals surface area contributed by atoms with Crippen LogP contribution in [0, 0.1) is 12.7 Å². The quantitative estimate of drug-likeness (QED) is 0.181. The molecule has 1 atom stereocenters. The van der Waals surface area contributed by atoms with Crippen LogP contribution in [-0.2, 0) is 32.6 Å². The molecule has 0 aliphatic carbocycles. The Bertz CT molecular complexity index is 1680. The van der Waals surface area contributed by atoms with Crippen LogP contribution in [0.2, 0.25) is 0 Å². The number of nitrogens with zero attached hydrogens (tertiary/aromatic N) is 2. The molecular formula is C34H35BrFN3O4S. The maximum atomic E-state index is 15.2. The van der Waals surface area contributed by atoms with Crippen LogP contribution in [0.3, 0.4) is 0 Å². The molecule has 0 saturated heterocycles. The summed E-state index contributed by atoms with van der Waals surface area (Å²) in [5.41, 5.74) is 2.14. The molecule has 0 aliphatic rings. The van der Waals surface area contributed by atoms with Gasteiger partial charge in [0.1, 0.15) is 18.4 Å². The van der Waals surface area contributed by atoms with E-state index in [0.29, 0.717) is 13.0 Å². The first kappa shape index (κ1) is 32.9. The van der Waals surface area contributed by atoms with Gasteiger partial charge in [0, 0.05) is 24.0 Å². The smallest absolute Gasteiger partial charge is 0.264 e. The van der Waals surface area contributed by atoms with Crippen molar-refractivity contribution in [2.24, 2.45) is 0 Å². The molecule has 230 valence electrons. The maximum absolute atomic E-state index is 15.2.